The number of amides is 1. The number of ether oxygens (including phenoxy) is 1. The Morgan fingerprint density at radius 2 is 1.71 bits per heavy atom. The number of carbonyl (C=O) groups is 1. The maximum absolute atomic E-state index is 12.5. The molecule has 0 atom stereocenters. The lowest BCUT2D eigenvalue weighted by Crippen LogP contribution is -2.41. The van der Waals surface area contributed by atoms with E-state index >= 15 is 0 Å². The third-order valence-electron chi connectivity index (χ3n) is 3.80. The normalized spacial score (nSPS) is 12.1. The fourth-order valence-electron chi connectivity index (χ4n) is 2.64. The molecule has 3 rings (SSSR count). The van der Waals surface area contributed by atoms with E-state index in [1.165, 1.54) is 18.3 Å². The van der Waals surface area contributed by atoms with E-state index in [9.17, 15) is 26.4 Å². The maximum Gasteiger partial charge on any atom is 0.573 e. The van der Waals surface area contributed by atoms with Crippen molar-refractivity contribution in [1.29, 1.82) is 0 Å². The van der Waals surface area contributed by atoms with E-state index in [0.29, 0.717) is 5.39 Å². The zero-order chi connectivity index (χ0) is 20.5. The number of nitrogens with one attached hydrogen (secondary N) is 2. The molecule has 0 bridgehead atoms. The lowest BCUT2D eigenvalue weighted by atomic mass is 10.2. The summed E-state index contributed by atoms with van der Waals surface area (Å²) < 4.78 is 67.6. The Morgan fingerprint density at radius 3 is 2.43 bits per heavy atom. The fraction of sp³-hybridized carbons (Fsp3) is 0.118. The van der Waals surface area contributed by atoms with E-state index in [-0.39, 0.29) is 5.56 Å². The number of rotatable bonds is 5. The van der Waals surface area contributed by atoms with Crippen LogP contribution in [-0.4, -0.2) is 25.3 Å². The molecule has 0 aliphatic heterocycles. The molecule has 0 unspecified atom stereocenters. The highest BCUT2D eigenvalue weighted by Gasteiger charge is 2.34. The molecule has 0 aliphatic carbocycles. The second kappa shape index (κ2) is 7.17. The van der Waals surface area contributed by atoms with Gasteiger partial charge in [-0.25, -0.2) is 8.42 Å². The van der Waals surface area contributed by atoms with Gasteiger partial charge in [0.05, 0.1) is 5.56 Å². The number of sulfonamides is 1. The van der Waals surface area contributed by atoms with Crippen LogP contribution in [0.3, 0.4) is 0 Å². The minimum absolute atomic E-state index is 0.195. The average Bonchev–Trinajstić information content (AvgIpc) is 2.96. The van der Waals surface area contributed by atoms with Crippen LogP contribution < -0.4 is 15.0 Å². The number of hydrogen-bond acceptors (Lipinski definition) is 4. The van der Waals surface area contributed by atoms with E-state index in [1.807, 2.05) is 5.43 Å². The molecule has 11 heteroatoms. The molecule has 0 spiro atoms. The molecule has 0 radical (unpaired) electrons. The number of hydrazine groups is 1. The van der Waals surface area contributed by atoms with Crippen LogP contribution in [0.25, 0.3) is 10.9 Å². The molecular weight excluding hydrogens is 399 g/mol. The largest absolute Gasteiger partial charge is 0.573 e. The standard InChI is InChI=1S/C17H14F3N3O4S/c1-23-10-12(11-6-2-3-7-13(11)23)16(24)21-22-28(25,26)15-9-5-4-8-14(15)27-17(18,19)20/h2-10,22H,1H3,(H,21,24). The fourth-order valence-corrected chi connectivity index (χ4v) is 3.61. The van der Waals surface area contributed by atoms with Crippen LogP contribution >= 0.6 is 0 Å². The average molecular weight is 413 g/mol. The monoisotopic (exact) mass is 413 g/mol. The number of para-hydroxylation sites is 2. The number of alkyl halides is 3. The van der Waals surface area contributed by atoms with Crippen molar-refractivity contribution in [1.82, 2.24) is 14.8 Å². The van der Waals surface area contributed by atoms with Gasteiger partial charge >= 0.3 is 6.36 Å². The van der Waals surface area contributed by atoms with Crippen LogP contribution in [0.2, 0.25) is 0 Å². The van der Waals surface area contributed by atoms with Crippen LogP contribution in [0.15, 0.2) is 59.6 Å². The zero-order valence-electron chi connectivity index (χ0n) is 14.3. The van der Waals surface area contributed by atoms with Crippen molar-refractivity contribution in [3.05, 3.63) is 60.3 Å². The summed E-state index contributed by atoms with van der Waals surface area (Å²) >= 11 is 0. The van der Waals surface area contributed by atoms with Crippen molar-refractivity contribution in [3.63, 3.8) is 0 Å². The summed E-state index contributed by atoms with van der Waals surface area (Å²) in [6, 6.07) is 11.2. The predicted octanol–water partition coefficient (Wildman–Crippen LogP) is 2.70. The van der Waals surface area contributed by atoms with Crippen molar-refractivity contribution in [2.75, 3.05) is 0 Å². The Morgan fingerprint density at radius 1 is 1.07 bits per heavy atom. The van der Waals surface area contributed by atoms with E-state index < -0.39 is 32.9 Å². The summed E-state index contributed by atoms with van der Waals surface area (Å²) in [7, 11) is -2.81. The molecule has 0 fully saturated rings. The smallest absolute Gasteiger partial charge is 0.404 e. The molecule has 2 N–H and O–H groups in total. The van der Waals surface area contributed by atoms with Crippen LogP contribution in [0.4, 0.5) is 13.2 Å². The quantitative estimate of drug-likeness (QED) is 0.630. The van der Waals surface area contributed by atoms with E-state index in [0.717, 1.165) is 17.6 Å². The van der Waals surface area contributed by atoms with E-state index in [2.05, 4.69) is 4.74 Å². The number of aromatic nitrogens is 1. The molecule has 0 saturated heterocycles. The van der Waals surface area contributed by atoms with Crippen molar-refractivity contribution in [3.8, 4) is 5.75 Å². The molecule has 1 amide bonds. The number of benzene rings is 2. The maximum atomic E-state index is 12.5. The van der Waals surface area contributed by atoms with Crippen molar-refractivity contribution in [2.24, 2.45) is 7.05 Å². The lowest BCUT2D eigenvalue weighted by Gasteiger charge is -2.14. The van der Waals surface area contributed by atoms with Gasteiger partial charge in [-0.05, 0) is 18.2 Å². The summed E-state index contributed by atoms with van der Waals surface area (Å²) in [5.41, 5.74) is 2.95. The Balaban J connectivity index is 1.83. The number of hydrogen-bond donors (Lipinski definition) is 2. The summed E-state index contributed by atoms with van der Waals surface area (Å²) in [4.78, 5) is 13.4. The molecule has 0 aliphatic rings. The van der Waals surface area contributed by atoms with Gasteiger partial charge in [-0.1, -0.05) is 30.3 Å². The third kappa shape index (κ3) is 4.10. The Kier molecular flexibility index (Phi) is 5.04. The second-order valence-electron chi connectivity index (χ2n) is 5.72. The minimum Gasteiger partial charge on any atom is -0.404 e. The summed E-state index contributed by atoms with van der Waals surface area (Å²) in [6.45, 7) is 0. The second-order valence-corrected chi connectivity index (χ2v) is 7.38. The van der Waals surface area contributed by atoms with Gasteiger partial charge in [0.25, 0.3) is 15.9 Å². The van der Waals surface area contributed by atoms with Crippen molar-refractivity contribution < 1.29 is 31.1 Å². The molecular formula is C17H14F3N3O4S. The third-order valence-corrected chi connectivity index (χ3v) is 5.09. The molecule has 148 valence electrons. The highest BCUT2D eigenvalue weighted by Crippen LogP contribution is 2.29. The summed E-state index contributed by atoms with van der Waals surface area (Å²) in [5, 5.41) is 0.586. The first-order valence-electron chi connectivity index (χ1n) is 7.79. The predicted molar refractivity (Wildman–Crippen MR) is 93.8 cm³/mol. The Labute approximate surface area is 157 Å². The first-order chi connectivity index (χ1) is 13.1. The van der Waals surface area contributed by atoms with E-state index in [4.69, 9.17) is 0 Å². The van der Waals surface area contributed by atoms with Gasteiger partial charge in [-0.3, -0.25) is 10.2 Å². The number of halogens is 3. The van der Waals surface area contributed by atoms with Gasteiger partial charge in [-0.15, -0.1) is 18.0 Å². The lowest BCUT2D eigenvalue weighted by molar-refractivity contribution is -0.275. The highest BCUT2D eigenvalue weighted by molar-refractivity contribution is 7.89. The SMILES string of the molecule is Cn1cc(C(=O)NNS(=O)(=O)c2ccccc2OC(F)(F)F)c2ccccc21. The van der Waals surface area contributed by atoms with Gasteiger partial charge in [0.2, 0.25) is 0 Å². The molecule has 1 heterocycles. The Hall–Kier alpha value is -3.05. The number of fused-ring (bicyclic) bond motifs is 1. The van der Waals surface area contributed by atoms with Gasteiger partial charge in [0.1, 0.15) is 10.6 Å². The zero-order valence-corrected chi connectivity index (χ0v) is 15.1. The summed E-state index contributed by atoms with van der Waals surface area (Å²) in [5.74, 6) is -1.68. The summed E-state index contributed by atoms with van der Waals surface area (Å²) in [6.07, 6.45) is -3.56. The number of aryl methyl sites for hydroxylation is 1. The van der Waals surface area contributed by atoms with Crippen LogP contribution in [-0.2, 0) is 17.1 Å². The highest BCUT2D eigenvalue weighted by atomic mass is 32.2. The van der Waals surface area contributed by atoms with Gasteiger partial charge < -0.3 is 9.30 Å². The van der Waals surface area contributed by atoms with Crippen molar-refractivity contribution in [2.45, 2.75) is 11.3 Å². The van der Waals surface area contributed by atoms with E-state index in [1.54, 1.807) is 40.7 Å². The molecule has 28 heavy (non-hydrogen) atoms. The molecule has 7 nitrogen and oxygen atoms in total. The molecule has 0 saturated carbocycles. The number of carbonyl (C=O) groups excluding carboxylic acids is 1. The first kappa shape index (κ1) is 19.7. The van der Waals surface area contributed by atoms with Crippen LogP contribution in [0, 0.1) is 0 Å². The molecule has 2 aromatic carbocycles. The topological polar surface area (TPSA) is 89.4 Å². The van der Waals surface area contributed by atoms with Crippen LogP contribution in [0.5, 0.6) is 5.75 Å². The molecule has 3 aromatic rings. The minimum atomic E-state index is -5.07. The van der Waals surface area contributed by atoms with Crippen LogP contribution in [0.1, 0.15) is 10.4 Å². The van der Waals surface area contributed by atoms with Gasteiger partial charge in [0.15, 0.2) is 0 Å². The molecule has 1 aromatic heterocycles. The Bertz CT molecular complexity index is 1140. The van der Waals surface area contributed by atoms with Crippen molar-refractivity contribution >= 4 is 26.8 Å². The number of nitrogens with zero attached hydrogens (tertiary/aromatic N) is 1. The van der Waals surface area contributed by atoms with Gasteiger partial charge in [0, 0.05) is 24.1 Å². The first-order valence-corrected chi connectivity index (χ1v) is 9.28. The van der Waals surface area contributed by atoms with Gasteiger partial charge in [-0.2, -0.15) is 0 Å².